The normalized spacial score (nSPS) is 18.9. The average molecular weight is 414 g/mol. The number of hydrogen-bond donors (Lipinski definition) is 1. The standard InChI is InChI=1S/C22H27N3O3S/c1-17(22(26)23-20-8-3-2-4-9-20)24-12-14-25(15-13-24)29(27,28)21-11-10-18-6-5-7-19(18)16-21/h2-4,8-11,16-17H,5-7,12-15H2,1H3,(H,23,26)/t17-/m0/s1. The Bertz CT molecular complexity index is 984. The summed E-state index contributed by atoms with van der Waals surface area (Å²) in [4.78, 5) is 15.0. The Labute approximate surface area is 172 Å². The van der Waals surface area contributed by atoms with Crippen LogP contribution in [0.1, 0.15) is 24.5 Å². The molecule has 1 aliphatic heterocycles. The fraction of sp³-hybridized carbons (Fsp3) is 0.409. The molecule has 4 rings (SSSR count). The van der Waals surface area contributed by atoms with E-state index in [0.29, 0.717) is 31.1 Å². The van der Waals surface area contributed by atoms with Gasteiger partial charge in [-0.15, -0.1) is 0 Å². The number of carbonyl (C=O) groups excluding carboxylic acids is 1. The van der Waals surface area contributed by atoms with Crippen LogP contribution >= 0.6 is 0 Å². The zero-order valence-corrected chi connectivity index (χ0v) is 17.5. The molecule has 0 unspecified atom stereocenters. The van der Waals surface area contributed by atoms with Gasteiger partial charge in [0.1, 0.15) is 0 Å². The van der Waals surface area contributed by atoms with Gasteiger partial charge in [0.25, 0.3) is 0 Å². The van der Waals surface area contributed by atoms with Crippen molar-refractivity contribution in [2.45, 2.75) is 37.1 Å². The second-order valence-electron chi connectivity index (χ2n) is 7.76. The summed E-state index contributed by atoms with van der Waals surface area (Å²) in [5.74, 6) is -0.0777. The Balaban J connectivity index is 1.38. The summed E-state index contributed by atoms with van der Waals surface area (Å²) in [5, 5.41) is 2.92. The van der Waals surface area contributed by atoms with Gasteiger partial charge in [-0.25, -0.2) is 8.42 Å². The van der Waals surface area contributed by atoms with Crippen LogP contribution in [0.5, 0.6) is 0 Å². The van der Waals surface area contributed by atoms with E-state index in [9.17, 15) is 13.2 Å². The summed E-state index contributed by atoms with van der Waals surface area (Å²) in [7, 11) is -3.50. The molecular formula is C22H27N3O3S. The zero-order valence-electron chi connectivity index (χ0n) is 16.7. The molecule has 154 valence electrons. The Morgan fingerprint density at radius 2 is 1.66 bits per heavy atom. The molecule has 0 aromatic heterocycles. The highest BCUT2D eigenvalue weighted by atomic mass is 32.2. The summed E-state index contributed by atoms with van der Waals surface area (Å²) < 4.78 is 27.7. The zero-order chi connectivity index (χ0) is 20.4. The van der Waals surface area contributed by atoms with E-state index in [2.05, 4.69) is 5.32 Å². The first kappa shape index (κ1) is 20.1. The summed E-state index contributed by atoms with van der Waals surface area (Å²) in [5.41, 5.74) is 3.20. The van der Waals surface area contributed by atoms with Gasteiger partial charge in [0.05, 0.1) is 10.9 Å². The molecule has 0 saturated carbocycles. The average Bonchev–Trinajstić information content (AvgIpc) is 3.22. The van der Waals surface area contributed by atoms with Crippen molar-refractivity contribution in [1.29, 1.82) is 0 Å². The van der Waals surface area contributed by atoms with Crippen molar-refractivity contribution in [3.8, 4) is 0 Å². The molecule has 1 amide bonds. The van der Waals surface area contributed by atoms with Crippen molar-refractivity contribution in [3.05, 3.63) is 59.7 Å². The van der Waals surface area contributed by atoms with E-state index in [4.69, 9.17) is 0 Å². The van der Waals surface area contributed by atoms with Crippen molar-refractivity contribution < 1.29 is 13.2 Å². The van der Waals surface area contributed by atoms with Crippen LogP contribution < -0.4 is 5.32 Å². The number of para-hydroxylation sites is 1. The highest BCUT2D eigenvalue weighted by molar-refractivity contribution is 7.89. The molecule has 2 aromatic rings. The van der Waals surface area contributed by atoms with E-state index in [1.54, 1.807) is 10.4 Å². The molecule has 7 heteroatoms. The molecule has 0 bridgehead atoms. The van der Waals surface area contributed by atoms with Crippen LogP contribution in [0.4, 0.5) is 5.69 Å². The van der Waals surface area contributed by atoms with Crippen LogP contribution in [0.15, 0.2) is 53.4 Å². The number of rotatable bonds is 5. The summed E-state index contributed by atoms with van der Waals surface area (Å²) in [6.45, 7) is 3.72. The molecule has 1 N–H and O–H groups in total. The molecule has 6 nitrogen and oxygen atoms in total. The minimum absolute atomic E-state index is 0.0777. The first-order chi connectivity index (χ1) is 13.9. The van der Waals surface area contributed by atoms with Crippen molar-refractivity contribution in [2.24, 2.45) is 0 Å². The van der Waals surface area contributed by atoms with E-state index in [-0.39, 0.29) is 11.9 Å². The molecule has 1 saturated heterocycles. The highest BCUT2D eigenvalue weighted by Crippen LogP contribution is 2.27. The number of hydrogen-bond acceptors (Lipinski definition) is 4. The molecule has 2 aromatic carbocycles. The van der Waals surface area contributed by atoms with E-state index in [1.807, 2.05) is 54.3 Å². The molecule has 1 heterocycles. The van der Waals surface area contributed by atoms with Gasteiger partial charge in [0, 0.05) is 31.9 Å². The smallest absolute Gasteiger partial charge is 0.243 e. The second kappa shape index (κ2) is 8.26. The van der Waals surface area contributed by atoms with Crippen LogP contribution in [-0.4, -0.2) is 55.8 Å². The molecule has 0 radical (unpaired) electrons. The van der Waals surface area contributed by atoms with Crippen LogP contribution in [0.25, 0.3) is 0 Å². The fourth-order valence-electron chi connectivity index (χ4n) is 4.12. The van der Waals surface area contributed by atoms with E-state index < -0.39 is 10.0 Å². The van der Waals surface area contributed by atoms with Crippen LogP contribution in [0.2, 0.25) is 0 Å². The maximum absolute atomic E-state index is 13.1. The number of piperazine rings is 1. The number of nitrogens with one attached hydrogen (secondary N) is 1. The lowest BCUT2D eigenvalue weighted by atomic mass is 10.1. The molecule has 1 atom stereocenters. The van der Waals surface area contributed by atoms with Gasteiger partial charge < -0.3 is 5.32 Å². The van der Waals surface area contributed by atoms with Crippen LogP contribution in [-0.2, 0) is 27.7 Å². The topological polar surface area (TPSA) is 69.7 Å². The Kier molecular flexibility index (Phi) is 5.72. The third-order valence-electron chi connectivity index (χ3n) is 5.95. The van der Waals surface area contributed by atoms with Gasteiger partial charge in [-0.2, -0.15) is 4.31 Å². The molecular weight excluding hydrogens is 386 g/mol. The summed E-state index contributed by atoms with van der Waals surface area (Å²) >= 11 is 0. The number of sulfonamides is 1. The highest BCUT2D eigenvalue weighted by Gasteiger charge is 2.32. The monoisotopic (exact) mass is 413 g/mol. The first-order valence-electron chi connectivity index (χ1n) is 10.2. The number of amides is 1. The van der Waals surface area contributed by atoms with Crippen LogP contribution in [0, 0.1) is 0 Å². The van der Waals surface area contributed by atoms with Gasteiger partial charge in [-0.05, 0) is 61.6 Å². The Morgan fingerprint density at radius 1 is 0.966 bits per heavy atom. The number of fused-ring (bicyclic) bond motifs is 1. The van der Waals surface area contributed by atoms with Gasteiger partial charge >= 0.3 is 0 Å². The number of benzene rings is 2. The lowest BCUT2D eigenvalue weighted by Gasteiger charge is -2.36. The number of aryl methyl sites for hydroxylation is 2. The van der Waals surface area contributed by atoms with E-state index in [1.165, 1.54) is 5.56 Å². The van der Waals surface area contributed by atoms with Gasteiger partial charge in [-0.3, -0.25) is 9.69 Å². The van der Waals surface area contributed by atoms with Gasteiger partial charge in [0.15, 0.2) is 0 Å². The van der Waals surface area contributed by atoms with E-state index >= 15 is 0 Å². The third-order valence-corrected chi connectivity index (χ3v) is 7.84. The van der Waals surface area contributed by atoms with Crippen molar-refractivity contribution in [2.75, 3.05) is 31.5 Å². The predicted octanol–water partition coefficient (Wildman–Crippen LogP) is 2.51. The lowest BCUT2D eigenvalue weighted by molar-refractivity contribution is -0.121. The Morgan fingerprint density at radius 3 is 2.38 bits per heavy atom. The second-order valence-corrected chi connectivity index (χ2v) is 9.69. The first-order valence-corrected chi connectivity index (χ1v) is 11.6. The quantitative estimate of drug-likeness (QED) is 0.818. The molecule has 1 fully saturated rings. The predicted molar refractivity (Wildman–Crippen MR) is 113 cm³/mol. The molecule has 29 heavy (non-hydrogen) atoms. The van der Waals surface area contributed by atoms with E-state index in [0.717, 1.165) is 30.5 Å². The van der Waals surface area contributed by atoms with Crippen molar-refractivity contribution in [1.82, 2.24) is 9.21 Å². The number of carbonyl (C=O) groups is 1. The molecule has 1 aliphatic carbocycles. The largest absolute Gasteiger partial charge is 0.325 e. The summed E-state index contributed by atoms with van der Waals surface area (Å²) in [6, 6.07) is 14.6. The van der Waals surface area contributed by atoms with Gasteiger partial charge in [0.2, 0.25) is 15.9 Å². The molecule has 2 aliphatic rings. The third kappa shape index (κ3) is 4.22. The lowest BCUT2D eigenvalue weighted by Crippen LogP contribution is -2.53. The minimum Gasteiger partial charge on any atom is -0.325 e. The maximum atomic E-state index is 13.1. The fourth-order valence-corrected chi connectivity index (χ4v) is 5.60. The maximum Gasteiger partial charge on any atom is 0.243 e. The number of nitrogens with zero attached hydrogens (tertiary/aromatic N) is 2. The van der Waals surface area contributed by atoms with Gasteiger partial charge in [-0.1, -0.05) is 24.3 Å². The van der Waals surface area contributed by atoms with Crippen molar-refractivity contribution >= 4 is 21.6 Å². The summed E-state index contributed by atoms with van der Waals surface area (Å²) in [6.07, 6.45) is 3.10. The molecule has 0 spiro atoms. The SMILES string of the molecule is C[C@@H](C(=O)Nc1ccccc1)N1CCN(S(=O)(=O)c2ccc3c(c2)CCC3)CC1. The Hall–Kier alpha value is -2.22. The van der Waals surface area contributed by atoms with Crippen molar-refractivity contribution in [3.63, 3.8) is 0 Å². The van der Waals surface area contributed by atoms with Crippen LogP contribution in [0.3, 0.4) is 0 Å². The minimum atomic E-state index is -3.50. The number of anilines is 1.